The number of aryl methyl sites for hydroxylation is 1. The van der Waals surface area contributed by atoms with Gasteiger partial charge in [0.2, 0.25) is 0 Å². The fourth-order valence-corrected chi connectivity index (χ4v) is 2.57. The first-order valence-electron chi connectivity index (χ1n) is 6.73. The van der Waals surface area contributed by atoms with Gasteiger partial charge in [0.05, 0.1) is 13.7 Å². The molecule has 0 aliphatic carbocycles. The lowest BCUT2D eigenvalue weighted by molar-refractivity contribution is 0.408. The van der Waals surface area contributed by atoms with E-state index in [9.17, 15) is 0 Å². The minimum atomic E-state index is 0.611. The monoisotopic (exact) mass is 301 g/mol. The molecule has 0 radical (unpaired) electrons. The molecule has 0 saturated carbocycles. The Morgan fingerprint density at radius 1 is 1.19 bits per heavy atom. The number of nitrogens with one attached hydrogen (secondary N) is 1. The first kappa shape index (κ1) is 13.8. The van der Waals surface area contributed by atoms with Crippen LogP contribution < -0.4 is 10.1 Å². The summed E-state index contributed by atoms with van der Waals surface area (Å²) in [6.45, 7) is 2.64. The number of hydrogen-bond acceptors (Lipinski definition) is 3. The zero-order chi connectivity index (χ0) is 14.8. The Labute approximate surface area is 128 Å². The van der Waals surface area contributed by atoms with Gasteiger partial charge in [-0.25, -0.2) is 0 Å². The molecule has 3 aromatic rings. The van der Waals surface area contributed by atoms with Crippen LogP contribution in [0.25, 0.3) is 11.0 Å². The number of halogens is 1. The van der Waals surface area contributed by atoms with Crippen LogP contribution in [0.4, 0.5) is 5.69 Å². The van der Waals surface area contributed by atoms with Crippen molar-refractivity contribution in [2.24, 2.45) is 0 Å². The molecule has 0 atom stereocenters. The first-order valence-corrected chi connectivity index (χ1v) is 7.10. The van der Waals surface area contributed by atoms with Crippen LogP contribution in [0.2, 0.25) is 5.02 Å². The first-order chi connectivity index (χ1) is 10.2. The van der Waals surface area contributed by atoms with Crippen LogP contribution in [0.15, 0.2) is 46.9 Å². The molecule has 0 unspecified atom stereocenters. The van der Waals surface area contributed by atoms with Crippen LogP contribution in [-0.4, -0.2) is 7.11 Å². The van der Waals surface area contributed by atoms with Crippen LogP contribution in [0, 0.1) is 6.92 Å². The number of para-hydroxylation sites is 1. The van der Waals surface area contributed by atoms with E-state index in [-0.39, 0.29) is 0 Å². The Kier molecular flexibility index (Phi) is 3.76. The second-order valence-corrected chi connectivity index (χ2v) is 5.34. The molecule has 2 aromatic carbocycles. The molecular formula is C17H16ClNO2. The van der Waals surface area contributed by atoms with Crippen molar-refractivity contribution in [2.45, 2.75) is 13.5 Å². The molecule has 0 spiro atoms. The maximum absolute atomic E-state index is 5.96. The quantitative estimate of drug-likeness (QED) is 0.735. The summed E-state index contributed by atoms with van der Waals surface area (Å²) in [6, 6.07) is 13.7. The molecule has 108 valence electrons. The highest BCUT2D eigenvalue weighted by Crippen LogP contribution is 2.29. The lowest BCUT2D eigenvalue weighted by Gasteiger charge is -2.08. The minimum Gasteiger partial charge on any atom is -0.493 e. The third-order valence-electron chi connectivity index (χ3n) is 3.42. The van der Waals surface area contributed by atoms with Crippen LogP contribution in [0.5, 0.6) is 5.75 Å². The minimum absolute atomic E-state index is 0.611. The van der Waals surface area contributed by atoms with Gasteiger partial charge >= 0.3 is 0 Å². The number of methoxy groups -OCH3 is 1. The zero-order valence-electron chi connectivity index (χ0n) is 11.9. The van der Waals surface area contributed by atoms with Crippen molar-refractivity contribution in [2.75, 3.05) is 12.4 Å². The molecule has 1 N–H and O–H groups in total. The highest BCUT2D eigenvalue weighted by Gasteiger charge is 2.08. The van der Waals surface area contributed by atoms with Gasteiger partial charge in [0.1, 0.15) is 5.76 Å². The van der Waals surface area contributed by atoms with E-state index in [1.54, 1.807) is 7.11 Å². The van der Waals surface area contributed by atoms with Gasteiger partial charge in [0, 0.05) is 16.1 Å². The van der Waals surface area contributed by atoms with Gasteiger partial charge in [-0.05, 0) is 42.8 Å². The largest absolute Gasteiger partial charge is 0.493 e. The van der Waals surface area contributed by atoms with Gasteiger partial charge in [-0.2, -0.15) is 0 Å². The summed E-state index contributed by atoms with van der Waals surface area (Å²) >= 11 is 5.96. The predicted octanol–water partition coefficient (Wildman–Crippen LogP) is 5.02. The van der Waals surface area contributed by atoms with Crippen molar-refractivity contribution in [1.82, 2.24) is 0 Å². The summed E-state index contributed by atoms with van der Waals surface area (Å²) in [6.07, 6.45) is 0. The number of hydrogen-bond donors (Lipinski definition) is 1. The van der Waals surface area contributed by atoms with Crippen molar-refractivity contribution in [3.8, 4) is 5.75 Å². The Morgan fingerprint density at radius 3 is 2.81 bits per heavy atom. The summed E-state index contributed by atoms with van der Waals surface area (Å²) in [5.74, 6) is 1.62. The van der Waals surface area contributed by atoms with Crippen LogP contribution in [0.1, 0.15) is 11.3 Å². The smallest absolute Gasteiger partial charge is 0.176 e. The van der Waals surface area contributed by atoms with Crippen molar-refractivity contribution >= 4 is 28.3 Å². The Bertz CT molecular complexity index is 780. The number of anilines is 1. The summed E-state index contributed by atoms with van der Waals surface area (Å²) in [7, 11) is 1.65. The van der Waals surface area contributed by atoms with Gasteiger partial charge in [0.15, 0.2) is 11.3 Å². The van der Waals surface area contributed by atoms with E-state index < -0.39 is 0 Å². The van der Waals surface area contributed by atoms with Gasteiger partial charge in [-0.15, -0.1) is 0 Å². The summed E-state index contributed by atoms with van der Waals surface area (Å²) in [5.41, 5.74) is 2.94. The number of rotatable bonds is 4. The molecule has 3 nitrogen and oxygen atoms in total. The molecule has 4 heteroatoms. The lowest BCUT2D eigenvalue weighted by atomic mass is 10.2. The van der Waals surface area contributed by atoms with Crippen LogP contribution >= 0.6 is 11.6 Å². The van der Waals surface area contributed by atoms with E-state index in [0.29, 0.717) is 6.54 Å². The average Bonchev–Trinajstić information content (AvgIpc) is 2.89. The van der Waals surface area contributed by atoms with Gasteiger partial charge in [-0.3, -0.25) is 0 Å². The van der Waals surface area contributed by atoms with E-state index in [1.165, 1.54) is 0 Å². The van der Waals surface area contributed by atoms with Crippen molar-refractivity contribution in [3.05, 3.63) is 58.8 Å². The summed E-state index contributed by atoms with van der Waals surface area (Å²) in [5, 5.41) is 5.14. The topological polar surface area (TPSA) is 34.4 Å². The number of furan rings is 1. The number of benzene rings is 2. The summed E-state index contributed by atoms with van der Waals surface area (Å²) < 4.78 is 11.2. The van der Waals surface area contributed by atoms with Gasteiger partial charge in [0.25, 0.3) is 0 Å². The lowest BCUT2D eigenvalue weighted by Crippen LogP contribution is -1.99. The molecule has 21 heavy (non-hydrogen) atoms. The van der Waals surface area contributed by atoms with Crippen molar-refractivity contribution in [1.29, 1.82) is 0 Å². The molecule has 3 rings (SSSR count). The predicted molar refractivity (Wildman–Crippen MR) is 86.3 cm³/mol. The number of ether oxygens (including phenoxy) is 1. The SMILES string of the molecule is COc1cccc2cc(CNc3ccc(Cl)cc3C)oc12. The van der Waals surface area contributed by atoms with Crippen LogP contribution in [0.3, 0.4) is 0 Å². The normalized spacial score (nSPS) is 10.8. The van der Waals surface area contributed by atoms with Crippen molar-refractivity contribution < 1.29 is 9.15 Å². The summed E-state index contributed by atoms with van der Waals surface area (Å²) in [4.78, 5) is 0. The Morgan fingerprint density at radius 2 is 2.05 bits per heavy atom. The molecule has 0 bridgehead atoms. The van der Waals surface area contributed by atoms with E-state index in [2.05, 4.69) is 5.32 Å². The molecule has 0 saturated heterocycles. The standard InChI is InChI=1S/C17H16ClNO2/c1-11-8-13(18)6-7-15(11)19-10-14-9-12-4-3-5-16(20-2)17(12)21-14/h3-9,19H,10H2,1-2H3. The molecular weight excluding hydrogens is 286 g/mol. The second kappa shape index (κ2) is 5.70. The fraction of sp³-hybridized carbons (Fsp3) is 0.176. The third kappa shape index (κ3) is 2.83. The third-order valence-corrected chi connectivity index (χ3v) is 3.66. The van der Waals surface area contributed by atoms with Gasteiger partial charge in [-0.1, -0.05) is 23.7 Å². The maximum atomic E-state index is 5.96. The Balaban J connectivity index is 1.82. The highest BCUT2D eigenvalue weighted by molar-refractivity contribution is 6.30. The second-order valence-electron chi connectivity index (χ2n) is 4.90. The number of fused-ring (bicyclic) bond motifs is 1. The van der Waals surface area contributed by atoms with E-state index in [1.807, 2.05) is 49.4 Å². The molecule has 1 aromatic heterocycles. The van der Waals surface area contributed by atoms with E-state index >= 15 is 0 Å². The molecule has 1 heterocycles. The van der Waals surface area contributed by atoms with E-state index in [0.717, 1.165) is 38.8 Å². The Hall–Kier alpha value is -2.13. The molecule has 0 aliphatic heterocycles. The van der Waals surface area contributed by atoms with Gasteiger partial charge < -0.3 is 14.5 Å². The fourth-order valence-electron chi connectivity index (χ4n) is 2.35. The maximum Gasteiger partial charge on any atom is 0.176 e. The molecule has 0 aliphatic rings. The average molecular weight is 302 g/mol. The molecule has 0 fully saturated rings. The van der Waals surface area contributed by atoms with Crippen molar-refractivity contribution in [3.63, 3.8) is 0 Å². The van der Waals surface area contributed by atoms with Crippen LogP contribution in [-0.2, 0) is 6.54 Å². The zero-order valence-corrected chi connectivity index (χ0v) is 12.7. The highest BCUT2D eigenvalue weighted by atomic mass is 35.5. The molecule has 0 amide bonds. The van der Waals surface area contributed by atoms with E-state index in [4.69, 9.17) is 20.8 Å².